The molecule has 160 valence electrons. The van der Waals surface area contributed by atoms with Gasteiger partial charge in [-0.1, -0.05) is 35.1 Å². The predicted octanol–water partition coefficient (Wildman–Crippen LogP) is 5.05. The van der Waals surface area contributed by atoms with Crippen LogP contribution in [0.2, 0.25) is 0 Å². The molecular weight excluding hydrogens is 418 g/mol. The van der Waals surface area contributed by atoms with Gasteiger partial charge in [0.25, 0.3) is 0 Å². The molecular formula is C23H22F2N4OS. The summed E-state index contributed by atoms with van der Waals surface area (Å²) >= 11 is 1.12. The third kappa shape index (κ3) is 4.80. The van der Waals surface area contributed by atoms with Gasteiger partial charge in [-0.25, -0.2) is 18.7 Å². The van der Waals surface area contributed by atoms with Gasteiger partial charge < -0.3 is 4.57 Å². The Bertz CT molecular complexity index is 1220. The zero-order chi connectivity index (χ0) is 22.0. The first-order valence-electron chi connectivity index (χ1n) is 9.98. The molecule has 0 bridgehead atoms. The van der Waals surface area contributed by atoms with Crippen molar-refractivity contribution >= 4 is 32.6 Å². The van der Waals surface area contributed by atoms with E-state index in [0.717, 1.165) is 34.1 Å². The Morgan fingerprint density at radius 3 is 2.77 bits per heavy atom. The molecule has 8 heteroatoms. The molecule has 0 N–H and O–H groups in total. The van der Waals surface area contributed by atoms with Crippen molar-refractivity contribution in [2.24, 2.45) is 0 Å². The summed E-state index contributed by atoms with van der Waals surface area (Å²) < 4.78 is 30.1. The second kappa shape index (κ2) is 8.93. The maximum absolute atomic E-state index is 14.2. The third-order valence-electron chi connectivity index (χ3n) is 5.13. The van der Waals surface area contributed by atoms with Gasteiger partial charge in [0.15, 0.2) is 10.9 Å². The number of halogens is 2. The first-order chi connectivity index (χ1) is 14.9. The molecule has 2 aromatic heterocycles. The van der Waals surface area contributed by atoms with Crippen LogP contribution in [-0.4, -0.2) is 27.0 Å². The maximum Gasteiger partial charge on any atom is 0.233 e. The van der Waals surface area contributed by atoms with Crippen LogP contribution in [0, 0.1) is 25.5 Å². The summed E-state index contributed by atoms with van der Waals surface area (Å²) in [6, 6.07) is 8.04. The number of aryl methyl sites for hydroxylation is 3. The second-order valence-corrected chi connectivity index (χ2v) is 8.55. The Morgan fingerprint density at radius 1 is 1.19 bits per heavy atom. The van der Waals surface area contributed by atoms with Gasteiger partial charge in [0, 0.05) is 31.5 Å². The number of fused-ring (bicyclic) bond motifs is 1. The summed E-state index contributed by atoms with van der Waals surface area (Å²) in [5.41, 5.74) is 3.20. The lowest BCUT2D eigenvalue weighted by Crippen LogP contribution is -2.33. The zero-order valence-electron chi connectivity index (χ0n) is 17.3. The molecule has 2 heterocycles. The van der Waals surface area contributed by atoms with Gasteiger partial charge in [-0.3, -0.25) is 9.69 Å². The van der Waals surface area contributed by atoms with E-state index in [9.17, 15) is 13.6 Å². The fraction of sp³-hybridized carbons (Fsp3) is 0.261. The summed E-state index contributed by atoms with van der Waals surface area (Å²) in [4.78, 5) is 23.2. The maximum atomic E-state index is 14.2. The summed E-state index contributed by atoms with van der Waals surface area (Å²) in [6.45, 7) is 5.08. The monoisotopic (exact) mass is 440 g/mol. The number of imidazole rings is 1. The van der Waals surface area contributed by atoms with E-state index in [1.54, 1.807) is 17.4 Å². The molecule has 0 aliphatic heterocycles. The van der Waals surface area contributed by atoms with Crippen LogP contribution in [0.4, 0.5) is 13.9 Å². The van der Waals surface area contributed by atoms with Crippen LogP contribution in [0.1, 0.15) is 23.1 Å². The van der Waals surface area contributed by atoms with Crippen LogP contribution < -0.4 is 4.90 Å². The smallest absolute Gasteiger partial charge is 0.233 e. The van der Waals surface area contributed by atoms with Crippen LogP contribution in [0.5, 0.6) is 0 Å². The van der Waals surface area contributed by atoms with Gasteiger partial charge in [-0.15, -0.1) is 0 Å². The number of amides is 1. The summed E-state index contributed by atoms with van der Waals surface area (Å²) in [5, 5.41) is 0.375. The quantitative estimate of drug-likeness (QED) is 0.404. The molecule has 0 fully saturated rings. The van der Waals surface area contributed by atoms with Gasteiger partial charge in [-0.2, -0.15) is 0 Å². The lowest BCUT2D eigenvalue weighted by molar-refractivity contribution is -0.118. The van der Waals surface area contributed by atoms with Crippen molar-refractivity contribution in [3.63, 3.8) is 0 Å². The average molecular weight is 441 g/mol. The Morgan fingerprint density at radius 2 is 2.03 bits per heavy atom. The van der Waals surface area contributed by atoms with E-state index >= 15 is 0 Å². The van der Waals surface area contributed by atoms with Crippen LogP contribution in [0.3, 0.4) is 0 Å². The molecule has 31 heavy (non-hydrogen) atoms. The Kier molecular flexibility index (Phi) is 6.08. The molecule has 0 spiro atoms. The summed E-state index contributed by atoms with van der Waals surface area (Å²) in [6.07, 6.45) is 6.16. The van der Waals surface area contributed by atoms with Crippen molar-refractivity contribution in [3.8, 4) is 0 Å². The molecule has 0 aliphatic carbocycles. The number of aromatic nitrogens is 3. The fourth-order valence-electron chi connectivity index (χ4n) is 3.52. The third-order valence-corrected chi connectivity index (χ3v) is 6.16. The van der Waals surface area contributed by atoms with E-state index in [1.807, 2.05) is 42.8 Å². The highest BCUT2D eigenvalue weighted by Crippen LogP contribution is 2.32. The molecule has 1 amide bonds. The number of thiazole rings is 1. The van der Waals surface area contributed by atoms with Crippen molar-refractivity contribution in [3.05, 3.63) is 77.4 Å². The van der Waals surface area contributed by atoms with Crippen LogP contribution in [0.25, 0.3) is 10.2 Å². The Hall–Kier alpha value is -3.13. The minimum absolute atomic E-state index is 0.0836. The normalized spacial score (nSPS) is 11.2. The topological polar surface area (TPSA) is 51.0 Å². The molecule has 4 aromatic rings. The second-order valence-electron chi connectivity index (χ2n) is 7.54. The van der Waals surface area contributed by atoms with Crippen molar-refractivity contribution in [1.29, 1.82) is 0 Å². The molecule has 0 unspecified atom stereocenters. The molecule has 0 saturated carbocycles. The minimum atomic E-state index is -0.724. The Labute approximate surface area is 183 Å². The average Bonchev–Trinajstić information content (AvgIpc) is 3.37. The van der Waals surface area contributed by atoms with E-state index in [2.05, 4.69) is 9.97 Å². The molecule has 4 rings (SSSR count). The fourth-order valence-corrected chi connectivity index (χ4v) is 4.57. The lowest BCUT2D eigenvalue weighted by Gasteiger charge is -2.20. The number of hydrogen-bond donors (Lipinski definition) is 0. The lowest BCUT2D eigenvalue weighted by atomic mass is 10.0. The van der Waals surface area contributed by atoms with Crippen LogP contribution >= 0.6 is 11.3 Å². The minimum Gasteiger partial charge on any atom is -0.337 e. The van der Waals surface area contributed by atoms with Crippen LogP contribution in [-0.2, 0) is 17.8 Å². The van der Waals surface area contributed by atoms with E-state index < -0.39 is 11.6 Å². The van der Waals surface area contributed by atoms with E-state index in [-0.39, 0.29) is 17.8 Å². The highest BCUT2D eigenvalue weighted by Gasteiger charge is 2.22. The first-order valence-corrected chi connectivity index (χ1v) is 10.8. The molecule has 2 aromatic carbocycles. The number of benzene rings is 2. The van der Waals surface area contributed by atoms with Gasteiger partial charge in [0.2, 0.25) is 5.91 Å². The summed E-state index contributed by atoms with van der Waals surface area (Å²) in [5.74, 6) is -1.51. The molecule has 0 atom stereocenters. The van der Waals surface area contributed by atoms with Crippen molar-refractivity contribution in [2.45, 2.75) is 33.2 Å². The number of rotatable bonds is 7. The van der Waals surface area contributed by atoms with Crippen LogP contribution in [0.15, 0.2) is 49.1 Å². The first kappa shape index (κ1) is 21.1. The van der Waals surface area contributed by atoms with Crippen molar-refractivity contribution in [2.75, 3.05) is 11.4 Å². The van der Waals surface area contributed by atoms with E-state index in [0.29, 0.717) is 29.3 Å². The highest BCUT2D eigenvalue weighted by atomic mass is 32.1. The van der Waals surface area contributed by atoms with Crippen molar-refractivity contribution in [1.82, 2.24) is 14.5 Å². The number of carbonyl (C=O) groups excluding carboxylic acids is 1. The van der Waals surface area contributed by atoms with E-state index in [1.165, 1.54) is 6.07 Å². The molecule has 0 radical (unpaired) electrons. The van der Waals surface area contributed by atoms with Gasteiger partial charge in [0.05, 0.1) is 17.4 Å². The predicted molar refractivity (Wildman–Crippen MR) is 118 cm³/mol. The number of anilines is 1. The number of hydrogen-bond acceptors (Lipinski definition) is 4. The van der Waals surface area contributed by atoms with Crippen molar-refractivity contribution < 1.29 is 13.6 Å². The molecule has 5 nitrogen and oxygen atoms in total. The van der Waals surface area contributed by atoms with Gasteiger partial charge in [0.1, 0.15) is 11.3 Å². The standard InChI is InChI=1S/C23H22F2N4OS/c1-15-4-5-17(16(2)10-15)11-21(30)29(8-3-7-28-9-6-26-14-28)23-27-22-19(25)12-18(24)13-20(22)31-23/h4-6,9-10,12-14H,3,7-8,11H2,1-2H3. The summed E-state index contributed by atoms with van der Waals surface area (Å²) in [7, 11) is 0. The van der Waals surface area contributed by atoms with E-state index in [4.69, 9.17) is 0 Å². The molecule has 0 saturated heterocycles. The van der Waals surface area contributed by atoms with Gasteiger partial charge >= 0.3 is 0 Å². The number of nitrogens with zero attached hydrogens (tertiary/aromatic N) is 4. The Balaban J connectivity index is 1.61. The number of carbonyl (C=O) groups is 1. The zero-order valence-corrected chi connectivity index (χ0v) is 18.1. The largest absolute Gasteiger partial charge is 0.337 e. The SMILES string of the molecule is Cc1ccc(CC(=O)N(CCCn2ccnc2)c2nc3c(F)cc(F)cc3s2)c(C)c1. The highest BCUT2D eigenvalue weighted by molar-refractivity contribution is 7.22. The molecule has 0 aliphatic rings. The van der Waals surface area contributed by atoms with Gasteiger partial charge in [-0.05, 0) is 37.5 Å².